The Balaban J connectivity index is 1.40. The molecule has 9 heteroatoms. The molecular formula is C20H19N3O4S2. The Morgan fingerprint density at radius 1 is 1.10 bits per heavy atom. The number of thiazole rings is 1. The number of aromatic nitrogens is 1. The Kier molecular flexibility index (Phi) is 5.61. The minimum Gasteiger partial charge on any atom is -0.484 e. The largest absolute Gasteiger partial charge is 0.484 e. The van der Waals surface area contributed by atoms with Crippen molar-refractivity contribution in [1.82, 2.24) is 9.29 Å². The van der Waals surface area contributed by atoms with Gasteiger partial charge in [-0.15, -0.1) is 11.3 Å². The van der Waals surface area contributed by atoms with Gasteiger partial charge in [0, 0.05) is 17.8 Å². The van der Waals surface area contributed by atoms with Crippen LogP contribution in [0.1, 0.15) is 10.6 Å². The third kappa shape index (κ3) is 4.47. The standard InChI is InChI=1S/C20H19N3O4S2/c24-19(14-27-15-7-3-1-4-8-15)22-20-21-17-11-12-23(13-18(17)28-20)29(25,26)16-9-5-2-6-10-16/h1-10H,11-14H2,(H,21,22,24). The van der Waals surface area contributed by atoms with Gasteiger partial charge in [0.2, 0.25) is 10.0 Å². The summed E-state index contributed by atoms with van der Waals surface area (Å²) in [6.07, 6.45) is 0.508. The Labute approximate surface area is 173 Å². The normalized spacial score (nSPS) is 14.2. The van der Waals surface area contributed by atoms with E-state index in [9.17, 15) is 13.2 Å². The maximum Gasteiger partial charge on any atom is 0.264 e. The van der Waals surface area contributed by atoms with E-state index in [1.807, 2.05) is 18.2 Å². The van der Waals surface area contributed by atoms with Gasteiger partial charge in [-0.05, 0) is 24.3 Å². The number of amides is 1. The zero-order chi connectivity index (χ0) is 20.3. The van der Waals surface area contributed by atoms with E-state index < -0.39 is 10.0 Å². The molecule has 2 heterocycles. The summed E-state index contributed by atoms with van der Waals surface area (Å²) in [5.74, 6) is 0.302. The molecule has 0 bridgehead atoms. The van der Waals surface area contributed by atoms with Crippen molar-refractivity contribution in [3.8, 4) is 5.75 Å². The molecule has 0 spiro atoms. The SMILES string of the molecule is O=C(COc1ccccc1)Nc1nc2c(s1)CN(S(=O)(=O)c1ccccc1)CC2. The number of carbonyl (C=O) groups is 1. The number of para-hydroxylation sites is 1. The van der Waals surface area contributed by atoms with Crippen LogP contribution in [0.25, 0.3) is 0 Å². The first kappa shape index (κ1) is 19.6. The van der Waals surface area contributed by atoms with Crippen molar-refractivity contribution in [3.63, 3.8) is 0 Å². The van der Waals surface area contributed by atoms with Crippen LogP contribution in [0.2, 0.25) is 0 Å². The summed E-state index contributed by atoms with van der Waals surface area (Å²) in [5, 5.41) is 3.18. The van der Waals surface area contributed by atoms with Gasteiger partial charge < -0.3 is 4.74 Å². The minimum atomic E-state index is -3.55. The second kappa shape index (κ2) is 8.32. The number of hydrogen-bond donors (Lipinski definition) is 1. The second-order valence-electron chi connectivity index (χ2n) is 6.44. The van der Waals surface area contributed by atoms with E-state index in [1.165, 1.54) is 15.6 Å². The van der Waals surface area contributed by atoms with Crippen molar-refractivity contribution in [2.75, 3.05) is 18.5 Å². The summed E-state index contributed by atoms with van der Waals surface area (Å²) >= 11 is 1.30. The minimum absolute atomic E-state index is 0.122. The molecule has 0 aliphatic carbocycles. The van der Waals surface area contributed by atoms with Crippen molar-refractivity contribution in [2.45, 2.75) is 17.9 Å². The molecular weight excluding hydrogens is 410 g/mol. The average Bonchev–Trinajstić information content (AvgIpc) is 3.15. The third-order valence-corrected chi connectivity index (χ3v) is 7.29. The maximum absolute atomic E-state index is 12.8. The molecule has 0 unspecified atom stereocenters. The highest BCUT2D eigenvalue weighted by atomic mass is 32.2. The molecule has 7 nitrogen and oxygen atoms in total. The molecule has 150 valence electrons. The van der Waals surface area contributed by atoms with Crippen LogP contribution >= 0.6 is 11.3 Å². The van der Waals surface area contributed by atoms with E-state index in [2.05, 4.69) is 10.3 Å². The zero-order valence-corrected chi connectivity index (χ0v) is 17.1. The Morgan fingerprint density at radius 3 is 2.52 bits per heavy atom. The van der Waals surface area contributed by atoms with Crippen LogP contribution in [0.4, 0.5) is 5.13 Å². The molecule has 3 aromatic rings. The van der Waals surface area contributed by atoms with Gasteiger partial charge in [-0.1, -0.05) is 36.4 Å². The molecule has 0 fully saturated rings. The van der Waals surface area contributed by atoms with E-state index in [-0.39, 0.29) is 24.0 Å². The number of nitrogens with one attached hydrogen (secondary N) is 1. The monoisotopic (exact) mass is 429 g/mol. The van der Waals surface area contributed by atoms with Crippen molar-refractivity contribution in [3.05, 3.63) is 71.2 Å². The summed E-state index contributed by atoms with van der Waals surface area (Å²) < 4.78 is 32.5. The second-order valence-corrected chi connectivity index (χ2v) is 9.46. The fourth-order valence-electron chi connectivity index (χ4n) is 2.99. The molecule has 29 heavy (non-hydrogen) atoms. The number of carbonyl (C=O) groups excluding carboxylic acids is 1. The fraction of sp³-hybridized carbons (Fsp3) is 0.200. The van der Waals surface area contributed by atoms with Crippen molar-refractivity contribution in [1.29, 1.82) is 0 Å². The van der Waals surface area contributed by atoms with Gasteiger partial charge in [0.1, 0.15) is 5.75 Å². The molecule has 0 atom stereocenters. The lowest BCUT2D eigenvalue weighted by molar-refractivity contribution is -0.118. The lowest BCUT2D eigenvalue weighted by atomic mass is 10.2. The molecule has 1 aromatic heterocycles. The molecule has 1 amide bonds. The molecule has 0 saturated heterocycles. The molecule has 0 saturated carbocycles. The van der Waals surface area contributed by atoms with Crippen LogP contribution in [0, 0.1) is 0 Å². The number of benzene rings is 2. The number of ether oxygens (including phenoxy) is 1. The predicted octanol–water partition coefficient (Wildman–Crippen LogP) is 2.91. The van der Waals surface area contributed by atoms with Crippen molar-refractivity contribution in [2.24, 2.45) is 0 Å². The van der Waals surface area contributed by atoms with E-state index in [4.69, 9.17) is 4.74 Å². The van der Waals surface area contributed by atoms with Crippen LogP contribution in [0.3, 0.4) is 0 Å². The lowest BCUT2D eigenvalue weighted by Gasteiger charge is -2.25. The van der Waals surface area contributed by atoms with Crippen LogP contribution < -0.4 is 10.1 Å². The number of nitrogens with zero attached hydrogens (tertiary/aromatic N) is 2. The number of fused-ring (bicyclic) bond motifs is 1. The van der Waals surface area contributed by atoms with Gasteiger partial charge in [0.05, 0.1) is 17.1 Å². The highest BCUT2D eigenvalue weighted by Gasteiger charge is 2.30. The van der Waals surface area contributed by atoms with E-state index in [1.54, 1.807) is 42.5 Å². The van der Waals surface area contributed by atoms with E-state index >= 15 is 0 Å². The molecule has 1 aliphatic heterocycles. The summed E-state index contributed by atoms with van der Waals surface area (Å²) in [6.45, 7) is 0.488. The van der Waals surface area contributed by atoms with Gasteiger partial charge in [0.25, 0.3) is 5.91 Å². The number of hydrogen-bond acceptors (Lipinski definition) is 6. The highest BCUT2D eigenvalue weighted by Crippen LogP contribution is 2.31. The summed E-state index contributed by atoms with van der Waals surface area (Å²) in [4.78, 5) is 17.7. The van der Waals surface area contributed by atoms with Crippen molar-refractivity contribution >= 4 is 32.4 Å². The van der Waals surface area contributed by atoms with Crippen LogP contribution in [-0.4, -0.2) is 36.8 Å². The smallest absolute Gasteiger partial charge is 0.264 e. The Morgan fingerprint density at radius 2 is 1.79 bits per heavy atom. The van der Waals surface area contributed by atoms with Gasteiger partial charge >= 0.3 is 0 Å². The number of anilines is 1. The summed E-state index contributed by atoms with van der Waals surface area (Å²) in [7, 11) is -3.55. The maximum atomic E-state index is 12.8. The average molecular weight is 430 g/mol. The first-order valence-corrected chi connectivity index (χ1v) is 11.3. The van der Waals surface area contributed by atoms with Crippen LogP contribution in [-0.2, 0) is 27.8 Å². The first-order chi connectivity index (χ1) is 14.0. The number of sulfonamides is 1. The lowest BCUT2D eigenvalue weighted by Crippen LogP contribution is -2.35. The topological polar surface area (TPSA) is 88.6 Å². The first-order valence-electron chi connectivity index (χ1n) is 9.04. The van der Waals surface area contributed by atoms with Crippen molar-refractivity contribution < 1.29 is 17.9 Å². The van der Waals surface area contributed by atoms with E-state index in [0.29, 0.717) is 23.8 Å². The zero-order valence-electron chi connectivity index (χ0n) is 15.4. The summed E-state index contributed by atoms with van der Waals surface area (Å²) in [5.41, 5.74) is 0.828. The summed E-state index contributed by atoms with van der Waals surface area (Å²) in [6, 6.07) is 17.5. The molecule has 2 aromatic carbocycles. The van der Waals surface area contributed by atoms with Gasteiger partial charge in [-0.2, -0.15) is 4.31 Å². The highest BCUT2D eigenvalue weighted by molar-refractivity contribution is 7.89. The van der Waals surface area contributed by atoms with E-state index in [0.717, 1.165) is 10.6 Å². The quantitative estimate of drug-likeness (QED) is 0.651. The van der Waals surface area contributed by atoms with Gasteiger partial charge in [-0.25, -0.2) is 13.4 Å². The number of rotatable bonds is 6. The molecule has 1 aliphatic rings. The predicted molar refractivity (Wildman–Crippen MR) is 110 cm³/mol. The van der Waals surface area contributed by atoms with Gasteiger partial charge in [-0.3, -0.25) is 10.1 Å². The Hall–Kier alpha value is -2.75. The van der Waals surface area contributed by atoms with Crippen LogP contribution in [0.15, 0.2) is 65.6 Å². The molecule has 0 radical (unpaired) electrons. The fourth-order valence-corrected chi connectivity index (χ4v) is 5.54. The molecule has 1 N–H and O–H groups in total. The van der Waals surface area contributed by atoms with Gasteiger partial charge in [0.15, 0.2) is 11.7 Å². The Bertz CT molecular complexity index is 1100. The molecule has 4 rings (SSSR count). The van der Waals surface area contributed by atoms with Crippen LogP contribution in [0.5, 0.6) is 5.75 Å². The third-order valence-electron chi connectivity index (χ3n) is 4.44.